The fourth-order valence-electron chi connectivity index (χ4n) is 1.95. The van der Waals surface area contributed by atoms with Crippen LogP contribution in [0.15, 0.2) is 47.1 Å². The molecule has 3 aromatic rings. The number of fused-ring (bicyclic) bond motifs is 1. The second kappa shape index (κ2) is 3.96. The van der Waals surface area contributed by atoms with Crippen molar-refractivity contribution in [2.24, 2.45) is 0 Å². The lowest BCUT2D eigenvalue weighted by molar-refractivity contribution is 0.986. The van der Waals surface area contributed by atoms with Crippen molar-refractivity contribution in [2.45, 2.75) is 6.92 Å². The molecule has 3 rings (SSSR count). The number of hydrogen-bond acceptors (Lipinski definition) is 2. The highest BCUT2D eigenvalue weighted by Crippen LogP contribution is 2.21. The second-order valence-electron chi connectivity index (χ2n) is 3.82. The molecule has 4 heteroatoms. The lowest BCUT2D eigenvalue weighted by Gasteiger charge is -2.06. The van der Waals surface area contributed by atoms with Crippen LogP contribution in [-0.4, -0.2) is 14.5 Å². The van der Waals surface area contributed by atoms with Gasteiger partial charge in [0.1, 0.15) is 11.3 Å². The normalized spacial score (nSPS) is 10.9. The molecule has 0 spiro atoms. The Bertz CT molecular complexity index is 688. The predicted octanol–water partition coefficient (Wildman–Crippen LogP) is 3.49. The van der Waals surface area contributed by atoms with Crippen molar-refractivity contribution in [3.8, 4) is 5.69 Å². The van der Waals surface area contributed by atoms with E-state index in [1.807, 2.05) is 37.3 Å². The van der Waals surface area contributed by atoms with Crippen molar-refractivity contribution in [2.75, 3.05) is 0 Å². The number of imidazole rings is 1. The van der Waals surface area contributed by atoms with Crippen molar-refractivity contribution in [3.63, 3.8) is 0 Å². The van der Waals surface area contributed by atoms with Gasteiger partial charge in [0, 0.05) is 16.4 Å². The minimum absolute atomic E-state index is 0.892. The Morgan fingerprint density at radius 3 is 2.88 bits per heavy atom. The molecular weight excluding hydrogens is 278 g/mol. The molecule has 1 aromatic carbocycles. The summed E-state index contributed by atoms with van der Waals surface area (Å²) < 4.78 is 3.10. The van der Waals surface area contributed by atoms with Crippen LogP contribution in [0.1, 0.15) is 5.82 Å². The molecule has 2 aromatic heterocycles. The molecule has 0 saturated carbocycles. The molecule has 2 heterocycles. The highest BCUT2D eigenvalue weighted by molar-refractivity contribution is 9.10. The Kier molecular flexibility index (Phi) is 2.44. The fraction of sp³-hybridized carbons (Fsp3) is 0.0769. The zero-order chi connectivity index (χ0) is 11.8. The average Bonchev–Trinajstić information content (AvgIpc) is 2.64. The Morgan fingerprint density at radius 1 is 1.18 bits per heavy atom. The highest BCUT2D eigenvalue weighted by atomic mass is 79.9. The van der Waals surface area contributed by atoms with Gasteiger partial charge in [0.2, 0.25) is 0 Å². The van der Waals surface area contributed by atoms with Crippen molar-refractivity contribution in [3.05, 3.63) is 52.9 Å². The Labute approximate surface area is 107 Å². The van der Waals surface area contributed by atoms with Crippen molar-refractivity contribution < 1.29 is 0 Å². The Morgan fingerprint density at radius 2 is 2.06 bits per heavy atom. The van der Waals surface area contributed by atoms with E-state index in [2.05, 4.69) is 36.5 Å². The van der Waals surface area contributed by atoms with Crippen molar-refractivity contribution in [1.82, 2.24) is 14.5 Å². The number of hydrogen-bond donors (Lipinski definition) is 0. The summed E-state index contributed by atoms with van der Waals surface area (Å²) in [6.07, 6.45) is 1.79. The van der Waals surface area contributed by atoms with Crippen LogP contribution in [0.25, 0.3) is 16.9 Å². The summed E-state index contributed by atoms with van der Waals surface area (Å²) in [5.74, 6) is 0.941. The van der Waals surface area contributed by atoms with E-state index in [9.17, 15) is 0 Å². The van der Waals surface area contributed by atoms with Gasteiger partial charge in [-0.1, -0.05) is 22.0 Å². The number of halogens is 1. The molecule has 0 unspecified atom stereocenters. The summed E-state index contributed by atoms with van der Waals surface area (Å²) in [6, 6.07) is 12.0. The molecule has 3 nitrogen and oxygen atoms in total. The highest BCUT2D eigenvalue weighted by Gasteiger charge is 2.09. The SMILES string of the molecule is Cc1nc2cccnc2n1-c1cccc(Br)c1. The molecule has 0 N–H and O–H groups in total. The zero-order valence-electron chi connectivity index (χ0n) is 9.26. The van der Waals surface area contributed by atoms with Gasteiger partial charge in [-0.3, -0.25) is 4.57 Å². The summed E-state index contributed by atoms with van der Waals surface area (Å²) >= 11 is 3.48. The lowest BCUT2D eigenvalue weighted by atomic mass is 10.3. The molecule has 0 saturated heterocycles. The van der Waals surface area contributed by atoms with Crippen LogP contribution in [0.3, 0.4) is 0 Å². The first kappa shape index (κ1) is 10.5. The van der Waals surface area contributed by atoms with Gasteiger partial charge < -0.3 is 0 Å². The quantitative estimate of drug-likeness (QED) is 0.686. The molecule has 17 heavy (non-hydrogen) atoms. The number of aromatic nitrogens is 3. The number of nitrogens with zero attached hydrogens (tertiary/aromatic N) is 3. The van der Waals surface area contributed by atoms with Crippen LogP contribution in [-0.2, 0) is 0 Å². The molecular formula is C13H10BrN3. The minimum Gasteiger partial charge on any atom is -0.281 e. The van der Waals surface area contributed by atoms with E-state index in [-0.39, 0.29) is 0 Å². The molecule has 84 valence electrons. The van der Waals surface area contributed by atoms with Gasteiger partial charge in [-0.25, -0.2) is 9.97 Å². The Balaban J connectivity index is 2.33. The van der Waals surface area contributed by atoms with Gasteiger partial charge in [0.25, 0.3) is 0 Å². The van der Waals surface area contributed by atoms with Crippen LogP contribution in [0.2, 0.25) is 0 Å². The smallest absolute Gasteiger partial charge is 0.164 e. The molecule has 0 aliphatic carbocycles. The van der Waals surface area contributed by atoms with Gasteiger partial charge in [-0.05, 0) is 37.3 Å². The van der Waals surface area contributed by atoms with Crippen LogP contribution in [0.4, 0.5) is 0 Å². The van der Waals surface area contributed by atoms with Crippen LogP contribution in [0, 0.1) is 6.92 Å². The number of pyridine rings is 1. The second-order valence-corrected chi connectivity index (χ2v) is 4.74. The monoisotopic (exact) mass is 287 g/mol. The summed E-state index contributed by atoms with van der Waals surface area (Å²) in [5, 5.41) is 0. The third-order valence-corrected chi connectivity index (χ3v) is 3.14. The maximum Gasteiger partial charge on any atom is 0.164 e. The summed E-state index contributed by atoms with van der Waals surface area (Å²) in [5.41, 5.74) is 2.88. The van der Waals surface area contributed by atoms with E-state index in [0.29, 0.717) is 0 Å². The van der Waals surface area contributed by atoms with Crippen LogP contribution in [0.5, 0.6) is 0 Å². The average molecular weight is 288 g/mol. The number of rotatable bonds is 1. The topological polar surface area (TPSA) is 30.7 Å². The van der Waals surface area contributed by atoms with E-state index in [1.165, 1.54) is 0 Å². The first-order valence-corrected chi connectivity index (χ1v) is 6.11. The third-order valence-electron chi connectivity index (χ3n) is 2.65. The van der Waals surface area contributed by atoms with Gasteiger partial charge >= 0.3 is 0 Å². The summed E-state index contributed by atoms with van der Waals surface area (Å²) in [4.78, 5) is 8.90. The largest absolute Gasteiger partial charge is 0.281 e. The first-order valence-electron chi connectivity index (χ1n) is 5.32. The fourth-order valence-corrected chi connectivity index (χ4v) is 2.34. The lowest BCUT2D eigenvalue weighted by Crippen LogP contribution is -1.97. The predicted molar refractivity (Wildman–Crippen MR) is 71.3 cm³/mol. The maximum absolute atomic E-state index is 4.50. The number of benzene rings is 1. The molecule has 0 radical (unpaired) electrons. The van der Waals surface area contributed by atoms with E-state index < -0.39 is 0 Å². The molecule has 0 fully saturated rings. The van der Waals surface area contributed by atoms with E-state index in [1.54, 1.807) is 6.20 Å². The third kappa shape index (κ3) is 1.74. The van der Waals surface area contributed by atoms with Crippen LogP contribution < -0.4 is 0 Å². The standard InChI is InChI=1S/C13H10BrN3/c1-9-16-12-6-3-7-15-13(12)17(9)11-5-2-4-10(14)8-11/h2-8H,1H3. The molecule has 0 amide bonds. The Hall–Kier alpha value is -1.68. The van der Waals surface area contributed by atoms with E-state index in [4.69, 9.17) is 0 Å². The molecule has 0 bridgehead atoms. The van der Waals surface area contributed by atoms with Crippen LogP contribution >= 0.6 is 15.9 Å². The van der Waals surface area contributed by atoms with Gasteiger partial charge in [-0.2, -0.15) is 0 Å². The van der Waals surface area contributed by atoms with Crippen molar-refractivity contribution >= 4 is 27.1 Å². The van der Waals surface area contributed by atoms with Gasteiger partial charge in [0.05, 0.1) is 0 Å². The summed E-state index contributed by atoms with van der Waals surface area (Å²) in [7, 11) is 0. The van der Waals surface area contributed by atoms with E-state index in [0.717, 1.165) is 27.1 Å². The molecule has 0 aliphatic rings. The van der Waals surface area contributed by atoms with Gasteiger partial charge in [0.15, 0.2) is 5.65 Å². The van der Waals surface area contributed by atoms with E-state index >= 15 is 0 Å². The minimum atomic E-state index is 0.892. The summed E-state index contributed by atoms with van der Waals surface area (Å²) in [6.45, 7) is 1.99. The van der Waals surface area contributed by atoms with Crippen molar-refractivity contribution in [1.29, 1.82) is 0 Å². The van der Waals surface area contributed by atoms with Gasteiger partial charge in [-0.15, -0.1) is 0 Å². The maximum atomic E-state index is 4.50. The number of aryl methyl sites for hydroxylation is 1. The first-order chi connectivity index (χ1) is 8.25. The molecule has 0 atom stereocenters. The zero-order valence-corrected chi connectivity index (χ0v) is 10.8. The molecule has 0 aliphatic heterocycles.